The van der Waals surface area contributed by atoms with Crippen molar-refractivity contribution in [1.82, 2.24) is 0 Å². The fourth-order valence-corrected chi connectivity index (χ4v) is 1.44. The Labute approximate surface area is 80.4 Å². The minimum atomic E-state index is 0.606. The van der Waals surface area contributed by atoms with Crippen LogP contribution in [0.15, 0.2) is 12.1 Å². The number of hydrogen-bond donors (Lipinski definition) is 1. The molecule has 2 heteroatoms. The van der Waals surface area contributed by atoms with Crippen molar-refractivity contribution in [2.45, 2.75) is 20.4 Å². The van der Waals surface area contributed by atoms with Crippen LogP contribution in [-0.2, 0) is 6.54 Å². The Kier molecular flexibility index (Phi) is 2.94. The van der Waals surface area contributed by atoms with Gasteiger partial charge in [0.15, 0.2) is 0 Å². The number of nitrogens with two attached hydrogens (primary N) is 1. The lowest BCUT2D eigenvalue weighted by Crippen LogP contribution is -2.13. The van der Waals surface area contributed by atoms with Crippen molar-refractivity contribution in [3.63, 3.8) is 0 Å². The van der Waals surface area contributed by atoms with Crippen LogP contribution in [-0.4, -0.2) is 14.1 Å². The molecule has 2 N–H and O–H groups in total. The van der Waals surface area contributed by atoms with Crippen molar-refractivity contribution in [1.29, 1.82) is 0 Å². The van der Waals surface area contributed by atoms with Crippen LogP contribution in [0.1, 0.15) is 16.7 Å². The predicted molar refractivity (Wildman–Crippen MR) is 58.1 cm³/mol. The van der Waals surface area contributed by atoms with E-state index in [1.54, 1.807) is 0 Å². The van der Waals surface area contributed by atoms with Gasteiger partial charge in [0.05, 0.1) is 0 Å². The van der Waals surface area contributed by atoms with Crippen molar-refractivity contribution in [3.05, 3.63) is 28.8 Å². The number of nitrogens with zero attached hydrogens (tertiary/aromatic N) is 1. The Hall–Kier alpha value is -1.02. The molecule has 0 bridgehead atoms. The van der Waals surface area contributed by atoms with Crippen LogP contribution >= 0.6 is 0 Å². The van der Waals surface area contributed by atoms with E-state index in [4.69, 9.17) is 5.73 Å². The third kappa shape index (κ3) is 2.01. The van der Waals surface area contributed by atoms with Crippen molar-refractivity contribution >= 4 is 5.69 Å². The summed E-state index contributed by atoms with van der Waals surface area (Å²) in [4.78, 5) is 2.11. The third-order valence-electron chi connectivity index (χ3n) is 2.40. The van der Waals surface area contributed by atoms with Crippen LogP contribution in [0, 0.1) is 13.8 Å². The summed E-state index contributed by atoms with van der Waals surface area (Å²) >= 11 is 0. The molecule has 0 saturated heterocycles. The normalized spacial score (nSPS) is 10.2. The Morgan fingerprint density at radius 2 is 1.69 bits per heavy atom. The monoisotopic (exact) mass is 178 g/mol. The number of aryl methyl sites for hydroxylation is 2. The molecular formula is C11H18N2. The highest BCUT2D eigenvalue weighted by atomic mass is 15.1. The fraction of sp³-hybridized carbons (Fsp3) is 0.455. The van der Waals surface area contributed by atoms with Crippen LogP contribution in [0.4, 0.5) is 5.69 Å². The first-order chi connectivity index (χ1) is 6.06. The Balaban J connectivity index is 3.25. The van der Waals surface area contributed by atoms with Crippen LogP contribution in [0.2, 0.25) is 0 Å². The average molecular weight is 178 g/mol. The Morgan fingerprint density at radius 1 is 1.15 bits per heavy atom. The molecule has 0 amide bonds. The summed E-state index contributed by atoms with van der Waals surface area (Å²) in [6.07, 6.45) is 0. The maximum atomic E-state index is 5.68. The van der Waals surface area contributed by atoms with Gasteiger partial charge < -0.3 is 10.6 Å². The molecule has 13 heavy (non-hydrogen) atoms. The Bertz CT molecular complexity index is 303. The van der Waals surface area contributed by atoms with Crippen molar-refractivity contribution < 1.29 is 0 Å². The molecule has 0 radical (unpaired) electrons. The molecular weight excluding hydrogens is 160 g/mol. The maximum absolute atomic E-state index is 5.68. The van der Waals surface area contributed by atoms with E-state index in [1.807, 2.05) is 14.1 Å². The first-order valence-corrected chi connectivity index (χ1v) is 4.53. The molecule has 1 aromatic carbocycles. The first kappa shape index (κ1) is 10.1. The zero-order chi connectivity index (χ0) is 10.0. The highest BCUT2D eigenvalue weighted by Gasteiger charge is 2.05. The van der Waals surface area contributed by atoms with E-state index in [0.29, 0.717) is 6.54 Å². The van der Waals surface area contributed by atoms with E-state index in [1.165, 1.54) is 22.4 Å². The van der Waals surface area contributed by atoms with Gasteiger partial charge in [0.1, 0.15) is 0 Å². The minimum absolute atomic E-state index is 0.606. The molecule has 0 atom stereocenters. The van der Waals surface area contributed by atoms with Gasteiger partial charge in [0.25, 0.3) is 0 Å². The van der Waals surface area contributed by atoms with E-state index in [9.17, 15) is 0 Å². The van der Waals surface area contributed by atoms with E-state index in [0.717, 1.165) is 0 Å². The highest BCUT2D eigenvalue weighted by molar-refractivity contribution is 5.56. The van der Waals surface area contributed by atoms with Gasteiger partial charge in [-0.25, -0.2) is 0 Å². The zero-order valence-electron chi connectivity index (χ0n) is 8.89. The van der Waals surface area contributed by atoms with Crippen LogP contribution in [0.5, 0.6) is 0 Å². The quantitative estimate of drug-likeness (QED) is 0.748. The summed E-state index contributed by atoms with van der Waals surface area (Å²) in [5.74, 6) is 0. The molecule has 72 valence electrons. The van der Waals surface area contributed by atoms with Gasteiger partial charge in [0, 0.05) is 26.3 Å². The molecule has 0 saturated carbocycles. The van der Waals surface area contributed by atoms with Gasteiger partial charge in [0.2, 0.25) is 0 Å². The summed E-state index contributed by atoms with van der Waals surface area (Å²) in [6, 6.07) is 4.36. The molecule has 0 aliphatic rings. The van der Waals surface area contributed by atoms with E-state index < -0.39 is 0 Å². The standard InChI is InChI=1S/C11H18N2/c1-8-5-10(7-12)11(13(3)4)6-9(8)2/h5-6H,7,12H2,1-4H3. The lowest BCUT2D eigenvalue weighted by atomic mass is 10.0. The lowest BCUT2D eigenvalue weighted by molar-refractivity contribution is 1.02. The van der Waals surface area contributed by atoms with Crippen molar-refractivity contribution in [3.8, 4) is 0 Å². The lowest BCUT2D eigenvalue weighted by Gasteiger charge is -2.18. The molecule has 1 aromatic rings. The predicted octanol–water partition coefficient (Wildman–Crippen LogP) is 1.83. The van der Waals surface area contributed by atoms with Gasteiger partial charge in [-0.05, 0) is 36.6 Å². The molecule has 0 heterocycles. The summed E-state index contributed by atoms with van der Waals surface area (Å²) in [5, 5.41) is 0. The Morgan fingerprint density at radius 3 is 2.15 bits per heavy atom. The minimum Gasteiger partial charge on any atom is -0.377 e. The average Bonchev–Trinajstić information content (AvgIpc) is 2.08. The smallest absolute Gasteiger partial charge is 0.0409 e. The molecule has 0 aliphatic heterocycles. The number of benzene rings is 1. The van der Waals surface area contributed by atoms with Gasteiger partial charge in [-0.2, -0.15) is 0 Å². The van der Waals surface area contributed by atoms with E-state index >= 15 is 0 Å². The second-order valence-electron chi connectivity index (χ2n) is 3.66. The molecule has 2 nitrogen and oxygen atoms in total. The number of anilines is 1. The van der Waals surface area contributed by atoms with Gasteiger partial charge in [-0.3, -0.25) is 0 Å². The summed E-state index contributed by atoms with van der Waals surface area (Å²) in [7, 11) is 4.09. The van der Waals surface area contributed by atoms with Gasteiger partial charge in [-0.15, -0.1) is 0 Å². The molecule has 0 aliphatic carbocycles. The second kappa shape index (κ2) is 3.79. The molecule has 0 unspecified atom stereocenters. The van der Waals surface area contributed by atoms with Crippen molar-refractivity contribution in [2.75, 3.05) is 19.0 Å². The van der Waals surface area contributed by atoms with Gasteiger partial charge in [-0.1, -0.05) is 6.07 Å². The highest BCUT2D eigenvalue weighted by Crippen LogP contribution is 2.22. The van der Waals surface area contributed by atoms with Crippen LogP contribution in [0.3, 0.4) is 0 Å². The molecule has 0 spiro atoms. The summed E-state index contributed by atoms with van der Waals surface area (Å²) < 4.78 is 0. The largest absolute Gasteiger partial charge is 0.377 e. The number of rotatable bonds is 2. The first-order valence-electron chi connectivity index (χ1n) is 4.53. The number of hydrogen-bond acceptors (Lipinski definition) is 2. The third-order valence-corrected chi connectivity index (χ3v) is 2.40. The van der Waals surface area contributed by atoms with Crippen LogP contribution in [0.25, 0.3) is 0 Å². The summed E-state index contributed by atoms with van der Waals surface area (Å²) in [5.41, 5.74) is 10.8. The van der Waals surface area contributed by atoms with E-state index in [-0.39, 0.29) is 0 Å². The zero-order valence-corrected chi connectivity index (χ0v) is 8.89. The molecule has 0 aromatic heterocycles. The molecule has 0 fully saturated rings. The second-order valence-corrected chi connectivity index (χ2v) is 3.66. The van der Waals surface area contributed by atoms with E-state index in [2.05, 4.69) is 30.9 Å². The SMILES string of the molecule is Cc1cc(CN)c(N(C)C)cc1C. The van der Waals surface area contributed by atoms with Crippen molar-refractivity contribution in [2.24, 2.45) is 5.73 Å². The fourth-order valence-electron chi connectivity index (χ4n) is 1.44. The topological polar surface area (TPSA) is 29.3 Å². The summed E-state index contributed by atoms with van der Waals surface area (Å²) in [6.45, 7) is 4.85. The molecule has 1 rings (SSSR count). The van der Waals surface area contributed by atoms with Crippen LogP contribution < -0.4 is 10.6 Å². The van der Waals surface area contributed by atoms with Gasteiger partial charge >= 0.3 is 0 Å². The maximum Gasteiger partial charge on any atom is 0.0409 e.